The Kier molecular flexibility index (Phi) is 7.95. The fourth-order valence-electron chi connectivity index (χ4n) is 4.49. The van der Waals surface area contributed by atoms with Gasteiger partial charge in [0.05, 0.1) is 7.11 Å². The monoisotopic (exact) mass is 428 g/mol. The maximum absolute atomic E-state index is 12.9. The largest absolute Gasteiger partial charge is 0.497 e. The summed E-state index contributed by atoms with van der Waals surface area (Å²) in [6.07, 6.45) is 0. The van der Waals surface area contributed by atoms with Crippen LogP contribution in [0, 0.1) is 17.8 Å². The molecule has 0 radical (unpaired) electrons. The molecule has 1 amide bonds. The van der Waals surface area contributed by atoms with Crippen LogP contribution < -0.4 is 4.74 Å². The molecule has 3 rings (SSSR count). The molecule has 1 aromatic carbocycles. The number of carbonyl (C=O) groups is 1. The smallest absolute Gasteiger partial charge is 0.225 e. The Bertz CT molecular complexity index is 803. The van der Waals surface area contributed by atoms with E-state index in [0.717, 1.165) is 38.5 Å². The van der Waals surface area contributed by atoms with Crippen LogP contribution in [-0.2, 0) is 11.3 Å². The molecule has 0 aliphatic carbocycles. The van der Waals surface area contributed by atoms with E-state index in [9.17, 15) is 4.79 Å². The van der Waals surface area contributed by atoms with Gasteiger partial charge in [-0.1, -0.05) is 45.9 Å². The van der Waals surface area contributed by atoms with Crippen molar-refractivity contribution in [1.29, 1.82) is 0 Å². The van der Waals surface area contributed by atoms with Gasteiger partial charge in [0.15, 0.2) is 0 Å². The normalized spacial score (nSPS) is 19.6. The number of methoxy groups -OCH3 is 1. The highest BCUT2D eigenvalue weighted by Gasteiger charge is 2.36. The Balaban J connectivity index is 1.83. The minimum Gasteiger partial charge on any atom is -0.497 e. The average Bonchev–Trinajstić information content (AvgIpc) is 3.36. The number of carbonyl (C=O) groups excluding carboxylic acids is 1. The molecule has 2 atom stereocenters. The van der Waals surface area contributed by atoms with Gasteiger partial charge in [0.25, 0.3) is 0 Å². The number of nitrogens with zero attached hydrogens (tertiary/aromatic N) is 2. The van der Waals surface area contributed by atoms with Crippen molar-refractivity contribution in [3.63, 3.8) is 0 Å². The third-order valence-corrected chi connectivity index (χ3v) is 6.71. The highest BCUT2D eigenvalue weighted by molar-refractivity contribution is 7.09. The maximum Gasteiger partial charge on any atom is 0.225 e. The lowest BCUT2D eigenvalue weighted by Crippen LogP contribution is -2.41. The molecule has 1 aliphatic heterocycles. The van der Waals surface area contributed by atoms with E-state index in [0.29, 0.717) is 17.8 Å². The zero-order chi connectivity index (χ0) is 21.7. The number of likely N-dealkylation sites (tertiary alicyclic amines) is 1. The van der Waals surface area contributed by atoms with Gasteiger partial charge in [-0.2, -0.15) is 0 Å². The van der Waals surface area contributed by atoms with Gasteiger partial charge in [-0.3, -0.25) is 9.69 Å². The van der Waals surface area contributed by atoms with Crippen molar-refractivity contribution >= 4 is 17.2 Å². The second-order valence-corrected chi connectivity index (χ2v) is 10.2. The summed E-state index contributed by atoms with van der Waals surface area (Å²) >= 11 is 1.82. The fourth-order valence-corrected chi connectivity index (χ4v) is 5.24. The number of ether oxygens (including phenoxy) is 1. The van der Waals surface area contributed by atoms with Crippen molar-refractivity contribution in [3.8, 4) is 5.75 Å². The van der Waals surface area contributed by atoms with Crippen LogP contribution in [0.4, 0.5) is 0 Å². The van der Waals surface area contributed by atoms with Gasteiger partial charge < -0.3 is 9.64 Å². The third kappa shape index (κ3) is 5.86. The summed E-state index contributed by atoms with van der Waals surface area (Å²) in [5.41, 5.74) is 1.31. The zero-order valence-electron chi connectivity index (χ0n) is 19.0. The predicted molar refractivity (Wildman–Crippen MR) is 125 cm³/mol. The fraction of sp³-hybridized carbons (Fsp3) is 0.560. The van der Waals surface area contributed by atoms with E-state index in [1.165, 1.54) is 10.4 Å². The van der Waals surface area contributed by atoms with Gasteiger partial charge in [-0.05, 0) is 41.0 Å². The van der Waals surface area contributed by atoms with Crippen molar-refractivity contribution in [2.24, 2.45) is 17.8 Å². The van der Waals surface area contributed by atoms with E-state index in [2.05, 4.69) is 59.4 Å². The molecule has 2 heterocycles. The molecular weight excluding hydrogens is 392 g/mol. The molecule has 0 N–H and O–H groups in total. The van der Waals surface area contributed by atoms with Gasteiger partial charge in [-0.25, -0.2) is 0 Å². The summed E-state index contributed by atoms with van der Waals surface area (Å²) in [6.45, 7) is 13.1. The quantitative estimate of drug-likeness (QED) is 0.556. The standard InChI is InChI=1S/C25H36N2O2S/c1-18(2)13-27(25(28)19(3)4)15-21-14-26(16-23-10-7-11-30-23)17-24(21)20-8-6-9-22(12-20)29-5/h6-12,18-19,21,24H,13-17H2,1-5H3/t21-,24-/m0/s1. The summed E-state index contributed by atoms with van der Waals surface area (Å²) in [5.74, 6) is 2.48. The lowest BCUT2D eigenvalue weighted by Gasteiger charge is -2.31. The van der Waals surface area contributed by atoms with Crippen molar-refractivity contribution in [2.75, 3.05) is 33.3 Å². The van der Waals surface area contributed by atoms with Crippen molar-refractivity contribution < 1.29 is 9.53 Å². The van der Waals surface area contributed by atoms with Gasteiger partial charge in [0, 0.05) is 49.4 Å². The zero-order valence-corrected chi connectivity index (χ0v) is 19.8. The summed E-state index contributed by atoms with van der Waals surface area (Å²) in [6, 6.07) is 12.8. The first-order chi connectivity index (χ1) is 14.4. The first-order valence-electron chi connectivity index (χ1n) is 11.0. The van der Waals surface area contributed by atoms with Crippen LogP contribution in [0.1, 0.15) is 44.1 Å². The molecule has 4 nitrogen and oxygen atoms in total. The molecule has 0 spiro atoms. The van der Waals surface area contributed by atoms with E-state index in [-0.39, 0.29) is 11.8 Å². The second kappa shape index (κ2) is 10.5. The highest BCUT2D eigenvalue weighted by Crippen LogP contribution is 2.36. The molecule has 0 saturated carbocycles. The second-order valence-electron chi connectivity index (χ2n) is 9.21. The Morgan fingerprint density at radius 1 is 1.20 bits per heavy atom. The van der Waals surface area contributed by atoms with E-state index in [1.54, 1.807) is 7.11 Å². The van der Waals surface area contributed by atoms with E-state index < -0.39 is 0 Å². The van der Waals surface area contributed by atoms with E-state index in [4.69, 9.17) is 4.74 Å². The van der Waals surface area contributed by atoms with Crippen molar-refractivity contribution in [2.45, 2.75) is 40.2 Å². The summed E-state index contributed by atoms with van der Waals surface area (Å²) in [4.78, 5) is 19.0. The lowest BCUT2D eigenvalue weighted by atomic mass is 9.88. The van der Waals surface area contributed by atoms with Gasteiger partial charge in [0.1, 0.15) is 5.75 Å². The molecule has 0 bridgehead atoms. The van der Waals surface area contributed by atoms with E-state index in [1.807, 2.05) is 31.3 Å². The third-order valence-electron chi connectivity index (χ3n) is 5.84. The first kappa shape index (κ1) is 22.8. The number of thiophene rings is 1. The number of rotatable bonds is 9. The first-order valence-corrected chi connectivity index (χ1v) is 11.9. The van der Waals surface area contributed by atoms with Crippen LogP contribution >= 0.6 is 11.3 Å². The van der Waals surface area contributed by atoms with Crippen LogP contribution in [-0.4, -0.2) is 49.0 Å². The Morgan fingerprint density at radius 3 is 2.63 bits per heavy atom. The van der Waals surface area contributed by atoms with Crippen LogP contribution in [0.15, 0.2) is 41.8 Å². The molecule has 0 unspecified atom stereocenters. The van der Waals surface area contributed by atoms with Crippen LogP contribution in [0.5, 0.6) is 5.75 Å². The average molecular weight is 429 g/mol. The van der Waals surface area contributed by atoms with Gasteiger partial charge >= 0.3 is 0 Å². The molecule has 1 fully saturated rings. The molecule has 164 valence electrons. The van der Waals surface area contributed by atoms with Crippen LogP contribution in [0.3, 0.4) is 0 Å². The lowest BCUT2D eigenvalue weighted by molar-refractivity contribution is -0.135. The van der Waals surface area contributed by atoms with Crippen molar-refractivity contribution in [3.05, 3.63) is 52.2 Å². The number of benzene rings is 1. The van der Waals surface area contributed by atoms with Crippen LogP contribution in [0.2, 0.25) is 0 Å². The molecular formula is C25H36N2O2S. The Labute approximate surface area is 185 Å². The highest BCUT2D eigenvalue weighted by atomic mass is 32.1. The number of amides is 1. The number of hydrogen-bond acceptors (Lipinski definition) is 4. The van der Waals surface area contributed by atoms with Crippen LogP contribution in [0.25, 0.3) is 0 Å². The Hall–Kier alpha value is -1.85. The Morgan fingerprint density at radius 2 is 2.00 bits per heavy atom. The maximum atomic E-state index is 12.9. The predicted octanol–water partition coefficient (Wildman–Crippen LogP) is 5.11. The molecule has 2 aromatic rings. The van der Waals surface area contributed by atoms with Gasteiger partial charge in [-0.15, -0.1) is 11.3 Å². The minimum absolute atomic E-state index is 0.0302. The minimum atomic E-state index is 0.0302. The molecule has 30 heavy (non-hydrogen) atoms. The summed E-state index contributed by atoms with van der Waals surface area (Å²) in [7, 11) is 1.72. The molecule has 1 aliphatic rings. The van der Waals surface area contributed by atoms with E-state index >= 15 is 0 Å². The molecule has 1 saturated heterocycles. The summed E-state index contributed by atoms with van der Waals surface area (Å²) < 4.78 is 5.49. The topological polar surface area (TPSA) is 32.8 Å². The SMILES string of the molecule is COc1cccc([C@@H]2CN(Cc3cccs3)C[C@H]2CN(CC(C)C)C(=O)C(C)C)c1. The number of hydrogen-bond donors (Lipinski definition) is 0. The summed E-state index contributed by atoms with van der Waals surface area (Å²) in [5, 5.41) is 2.15. The van der Waals surface area contributed by atoms with Crippen molar-refractivity contribution in [1.82, 2.24) is 9.80 Å². The molecule has 5 heteroatoms. The van der Waals surface area contributed by atoms with Gasteiger partial charge in [0.2, 0.25) is 5.91 Å². The molecule has 1 aromatic heterocycles.